The summed E-state index contributed by atoms with van der Waals surface area (Å²) in [5.41, 5.74) is 1.18. The molecule has 3 rings (SSSR count). The van der Waals surface area contributed by atoms with Gasteiger partial charge in [-0.05, 0) is 55.5 Å². The molecule has 0 aliphatic heterocycles. The molecule has 0 spiro atoms. The Labute approximate surface area is 135 Å². The van der Waals surface area contributed by atoms with Crippen LogP contribution >= 0.6 is 11.6 Å². The standard InChI is InChI=1S/C18H18ClNO2/c1-2-21-17-7-8-18-14(13-17)9-10-20(18)11-12-22-16-5-3-15(19)4-6-16/h3-10,13H,2,11-12H2,1H3. The fourth-order valence-electron chi connectivity index (χ4n) is 2.42. The number of nitrogens with zero attached hydrogens (tertiary/aromatic N) is 1. The molecule has 2 aromatic carbocycles. The Kier molecular flexibility index (Phi) is 4.54. The maximum Gasteiger partial charge on any atom is 0.120 e. The van der Waals surface area contributed by atoms with Gasteiger partial charge < -0.3 is 14.0 Å². The Balaban J connectivity index is 1.65. The lowest BCUT2D eigenvalue weighted by molar-refractivity contribution is 0.300. The molecule has 114 valence electrons. The van der Waals surface area contributed by atoms with Gasteiger partial charge in [-0.2, -0.15) is 0 Å². The van der Waals surface area contributed by atoms with Crippen molar-refractivity contribution in [1.82, 2.24) is 4.57 Å². The van der Waals surface area contributed by atoms with Crippen LogP contribution in [0.25, 0.3) is 10.9 Å². The van der Waals surface area contributed by atoms with Crippen LogP contribution in [0.2, 0.25) is 5.02 Å². The highest BCUT2D eigenvalue weighted by Gasteiger charge is 2.03. The zero-order valence-electron chi connectivity index (χ0n) is 12.5. The quantitative estimate of drug-likeness (QED) is 0.654. The van der Waals surface area contributed by atoms with Gasteiger partial charge in [0.15, 0.2) is 0 Å². The number of hydrogen-bond donors (Lipinski definition) is 0. The first-order chi connectivity index (χ1) is 10.8. The Hall–Kier alpha value is -2.13. The second kappa shape index (κ2) is 6.75. The van der Waals surface area contributed by atoms with E-state index in [1.165, 1.54) is 10.9 Å². The van der Waals surface area contributed by atoms with E-state index in [9.17, 15) is 0 Å². The highest BCUT2D eigenvalue weighted by molar-refractivity contribution is 6.30. The second-order valence-corrected chi connectivity index (χ2v) is 5.40. The monoisotopic (exact) mass is 315 g/mol. The summed E-state index contributed by atoms with van der Waals surface area (Å²) in [5.74, 6) is 1.74. The van der Waals surface area contributed by atoms with E-state index in [2.05, 4.69) is 29.0 Å². The largest absolute Gasteiger partial charge is 0.494 e. The van der Waals surface area contributed by atoms with Gasteiger partial charge in [-0.1, -0.05) is 11.6 Å². The molecule has 3 aromatic rings. The van der Waals surface area contributed by atoms with Crippen molar-refractivity contribution in [2.75, 3.05) is 13.2 Å². The Bertz CT molecular complexity index is 749. The summed E-state index contributed by atoms with van der Waals surface area (Å²) in [7, 11) is 0. The van der Waals surface area contributed by atoms with E-state index >= 15 is 0 Å². The van der Waals surface area contributed by atoms with Crippen LogP contribution in [0.15, 0.2) is 54.7 Å². The SMILES string of the molecule is CCOc1ccc2c(ccn2CCOc2ccc(Cl)cc2)c1. The molecule has 4 heteroatoms. The Morgan fingerprint density at radius 1 is 0.955 bits per heavy atom. The van der Waals surface area contributed by atoms with Crippen molar-refractivity contribution in [2.45, 2.75) is 13.5 Å². The first kappa shape index (κ1) is 14.8. The zero-order chi connectivity index (χ0) is 15.4. The third kappa shape index (κ3) is 3.37. The third-order valence-corrected chi connectivity index (χ3v) is 3.72. The lowest BCUT2D eigenvalue weighted by Crippen LogP contribution is -2.07. The van der Waals surface area contributed by atoms with E-state index in [4.69, 9.17) is 21.1 Å². The molecule has 0 aliphatic carbocycles. The van der Waals surface area contributed by atoms with Gasteiger partial charge in [0.1, 0.15) is 18.1 Å². The van der Waals surface area contributed by atoms with E-state index < -0.39 is 0 Å². The van der Waals surface area contributed by atoms with Gasteiger partial charge in [0, 0.05) is 22.1 Å². The molecule has 0 saturated carbocycles. The molecule has 0 amide bonds. The van der Waals surface area contributed by atoms with Gasteiger partial charge >= 0.3 is 0 Å². The number of rotatable bonds is 6. The maximum atomic E-state index is 5.86. The minimum atomic E-state index is 0.610. The summed E-state index contributed by atoms with van der Waals surface area (Å²) >= 11 is 5.86. The fourth-order valence-corrected chi connectivity index (χ4v) is 2.55. The van der Waals surface area contributed by atoms with Gasteiger partial charge in [0.2, 0.25) is 0 Å². The first-order valence-electron chi connectivity index (χ1n) is 7.36. The zero-order valence-corrected chi connectivity index (χ0v) is 13.2. The number of halogens is 1. The predicted molar refractivity (Wildman–Crippen MR) is 90.1 cm³/mol. The molecule has 1 aromatic heterocycles. The van der Waals surface area contributed by atoms with Crippen LogP contribution in [0.4, 0.5) is 0 Å². The van der Waals surface area contributed by atoms with Crippen molar-refractivity contribution >= 4 is 22.5 Å². The van der Waals surface area contributed by atoms with Gasteiger partial charge in [-0.3, -0.25) is 0 Å². The number of hydrogen-bond acceptors (Lipinski definition) is 2. The average Bonchev–Trinajstić information content (AvgIpc) is 2.92. The molecule has 0 unspecified atom stereocenters. The van der Waals surface area contributed by atoms with Crippen LogP contribution in [-0.4, -0.2) is 17.8 Å². The molecule has 0 fully saturated rings. The van der Waals surface area contributed by atoms with E-state index in [1.54, 1.807) is 0 Å². The highest BCUT2D eigenvalue weighted by atomic mass is 35.5. The van der Waals surface area contributed by atoms with E-state index in [-0.39, 0.29) is 0 Å². The second-order valence-electron chi connectivity index (χ2n) is 4.97. The van der Waals surface area contributed by atoms with Gasteiger partial charge in [-0.25, -0.2) is 0 Å². The summed E-state index contributed by atoms with van der Waals surface area (Å²) in [6.07, 6.45) is 2.08. The number of benzene rings is 2. The third-order valence-electron chi connectivity index (χ3n) is 3.47. The molecular weight excluding hydrogens is 298 g/mol. The lowest BCUT2D eigenvalue weighted by atomic mass is 10.2. The predicted octanol–water partition coefficient (Wildman–Crippen LogP) is 4.77. The Morgan fingerprint density at radius 3 is 2.50 bits per heavy atom. The molecule has 0 atom stereocenters. The molecule has 0 radical (unpaired) electrons. The van der Waals surface area contributed by atoms with Crippen LogP contribution in [0.5, 0.6) is 11.5 Å². The summed E-state index contributed by atoms with van der Waals surface area (Å²) < 4.78 is 13.4. The minimum absolute atomic E-state index is 0.610. The van der Waals surface area contributed by atoms with E-state index in [0.717, 1.165) is 18.0 Å². The van der Waals surface area contributed by atoms with E-state index in [1.807, 2.05) is 37.3 Å². The van der Waals surface area contributed by atoms with Crippen LogP contribution in [0.1, 0.15) is 6.92 Å². The van der Waals surface area contributed by atoms with Crippen molar-refractivity contribution in [3.63, 3.8) is 0 Å². The summed E-state index contributed by atoms with van der Waals surface area (Å²) in [5, 5.41) is 1.89. The molecule has 3 nitrogen and oxygen atoms in total. The van der Waals surface area contributed by atoms with Crippen molar-refractivity contribution in [3.8, 4) is 11.5 Å². The number of ether oxygens (including phenoxy) is 2. The van der Waals surface area contributed by atoms with Gasteiger partial charge in [0.25, 0.3) is 0 Å². The molecule has 22 heavy (non-hydrogen) atoms. The van der Waals surface area contributed by atoms with E-state index in [0.29, 0.717) is 18.2 Å². The molecule has 0 N–H and O–H groups in total. The molecule has 1 heterocycles. The lowest BCUT2D eigenvalue weighted by Gasteiger charge is -2.09. The molecule has 0 aliphatic rings. The highest BCUT2D eigenvalue weighted by Crippen LogP contribution is 2.22. The van der Waals surface area contributed by atoms with Crippen molar-refractivity contribution in [1.29, 1.82) is 0 Å². The first-order valence-corrected chi connectivity index (χ1v) is 7.74. The minimum Gasteiger partial charge on any atom is -0.494 e. The Morgan fingerprint density at radius 2 is 1.73 bits per heavy atom. The molecule has 0 bridgehead atoms. The van der Waals surface area contributed by atoms with Crippen molar-refractivity contribution in [2.24, 2.45) is 0 Å². The van der Waals surface area contributed by atoms with Gasteiger partial charge in [-0.15, -0.1) is 0 Å². The normalized spacial score (nSPS) is 10.8. The molecule has 0 saturated heterocycles. The summed E-state index contributed by atoms with van der Waals surface area (Å²) in [6.45, 7) is 4.07. The fraction of sp³-hybridized carbons (Fsp3) is 0.222. The molecular formula is C18H18ClNO2. The van der Waals surface area contributed by atoms with Crippen LogP contribution < -0.4 is 9.47 Å². The maximum absolute atomic E-state index is 5.86. The van der Waals surface area contributed by atoms with Crippen molar-refractivity contribution < 1.29 is 9.47 Å². The summed E-state index contributed by atoms with van der Waals surface area (Å²) in [6, 6.07) is 15.7. The number of fused-ring (bicyclic) bond motifs is 1. The van der Waals surface area contributed by atoms with Crippen LogP contribution in [0.3, 0.4) is 0 Å². The van der Waals surface area contributed by atoms with Crippen LogP contribution in [-0.2, 0) is 6.54 Å². The van der Waals surface area contributed by atoms with Gasteiger partial charge in [0.05, 0.1) is 13.2 Å². The van der Waals surface area contributed by atoms with Crippen LogP contribution in [0, 0.1) is 0 Å². The number of aromatic nitrogens is 1. The smallest absolute Gasteiger partial charge is 0.120 e. The average molecular weight is 316 g/mol. The summed E-state index contributed by atoms with van der Waals surface area (Å²) in [4.78, 5) is 0. The topological polar surface area (TPSA) is 23.4 Å². The van der Waals surface area contributed by atoms with Crippen molar-refractivity contribution in [3.05, 3.63) is 59.8 Å².